The quantitative estimate of drug-likeness (QED) is 0.142. The van der Waals surface area contributed by atoms with Crippen molar-refractivity contribution in [3.8, 4) is 50.7 Å². The van der Waals surface area contributed by atoms with Crippen molar-refractivity contribution in [2.45, 2.75) is 33.0 Å². The third-order valence-electron chi connectivity index (χ3n) is 11.7. The Balaban J connectivity index is 0.00000611. The van der Waals surface area contributed by atoms with Gasteiger partial charge in [0.05, 0.1) is 6.85 Å². The number of anilines is 4. The predicted molar refractivity (Wildman–Crippen MR) is 264 cm³/mol. The van der Waals surface area contributed by atoms with Crippen molar-refractivity contribution >= 4 is 44.6 Å². The van der Waals surface area contributed by atoms with E-state index in [1.165, 1.54) is 12.3 Å². The van der Waals surface area contributed by atoms with Gasteiger partial charge in [-0.05, 0) is 81.4 Å². The van der Waals surface area contributed by atoms with Crippen LogP contribution in [0.3, 0.4) is 0 Å². The summed E-state index contributed by atoms with van der Waals surface area (Å²) in [4.78, 5) is 8.67. The van der Waals surface area contributed by atoms with Crippen LogP contribution in [0, 0.1) is 25.7 Å². The molecule has 1 aliphatic heterocycles. The molecular weight excluding hydrogens is 976 g/mol. The third kappa shape index (κ3) is 7.81. The summed E-state index contributed by atoms with van der Waals surface area (Å²) in [5, 5.41) is 1.82. The molecule has 6 heteroatoms. The summed E-state index contributed by atoms with van der Waals surface area (Å²) in [6.07, 6.45) is 1.52. The SMILES string of the molecule is [2H]c1c([2H])c([2H])c(-c2cccc(-c3cccc(C(C)(C)C)c3)c2N2[CH-]N(c3[c-]c(Oc4[c-]c5c(cc4)c4cc(-c6ccccc6)ccc4n5-c4cc(C([2H])([2H])[2H])ccn4)ccc3)c3ccccc32)c([2H])c1[2H].[Pt]. The molecule has 3 heterocycles. The number of hydrogen-bond acceptors (Lipinski definition) is 4. The molecule has 0 unspecified atom stereocenters. The minimum Gasteiger partial charge on any atom is -0.509 e. The molecule has 0 atom stereocenters. The van der Waals surface area contributed by atoms with Gasteiger partial charge in [0.15, 0.2) is 0 Å². The van der Waals surface area contributed by atoms with Gasteiger partial charge in [-0.3, -0.25) is 0 Å². The molecule has 0 radical (unpaired) electrons. The fourth-order valence-corrected chi connectivity index (χ4v) is 8.58. The molecule has 65 heavy (non-hydrogen) atoms. The first kappa shape index (κ1) is 33.3. The van der Waals surface area contributed by atoms with E-state index in [9.17, 15) is 0 Å². The van der Waals surface area contributed by atoms with Gasteiger partial charge in [0.1, 0.15) is 5.82 Å². The van der Waals surface area contributed by atoms with Crippen LogP contribution in [0.25, 0.3) is 61.0 Å². The van der Waals surface area contributed by atoms with Crippen LogP contribution in [-0.2, 0) is 26.5 Å². The number of benzene rings is 8. The van der Waals surface area contributed by atoms with Crippen molar-refractivity contribution in [1.29, 1.82) is 0 Å². The first-order valence-electron chi connectivity index (χ1n) is 25.1. The van der Waals surface area contributed by atoms with Crippen LogP contribution < -0.4 is 14.5 Å². The van der Waals surface area contributed by atoms with Crippen LogP contribution in [0.15, 0.2) is 194 Å². The molecule has 8 aromatic carbocycles. The summed E-state index contributed by atoms with van der Waals surface area (Å²) >= 11 is 0. The van der Waals surface area contributed by atoms with Crippen LogP contribution in [0.4, 0.5) is 22.7 Å². The van der Waals surface area contributed by atoms with Gasteiger partial charge < -0.3 is 19.1 Å². The van der Waals surface area contributed by atoms with E-state index in [0.29, 0.717) is 39.8 Å². The van der Waals surface area contributed by atoms with Crippen LogP contribution in [0.5, 0.6) is 11.5 Å². The fourth-order valence-electron chi connectivity index (χ4n) is 8.58. The average molecular weight is 1030 g/mol. The monoisotopic (exact) mass is 1030 g/mol. The number of fused-ring (bicyclic) bond motifs is 4. The van der Waals surface area contributed by atoms with Crippen LogP contribution in [0.1, 0.15) is 42.9 Å². The molecule has 0 amide bonds. The largest absolute Gasteiger partial charge is 0.509 e. The molecule has 0 N–H and O–H groups in total. The molecule has 0 bridgehead atoms. The van der Waals surface area contributed by atoms with E-state index in [0.717, 1.165) is 55.5 Å². The van der Waals surface area contributed by atoms with Crippen molar-refractivity contribution in [1.82, 2.24) is 9.55 Å². The van der Waals surface area contributed by atoms with Crippen molar-refractivity contribution in [3.63, 3.8) is 0 Å². The maximum absolute atomic E-state index is 9.11. The van der Waals surface area contributed by atoms with Gasteiger partial charge in [-0.1, -0.05) is 154 Å². The van der Waals surface area contributed by atoms with Gasteiger partial charge in [-0.25, -0.2) is 4.98 Å². The molecule has 11 rings (SSSR count). The second kappa shape index (κ2) is 17.1. The molecule has 0 saturated carbocycles. The maximum Gasteiger partial charge on any atom is 0.135 e. The molecule has 320 valence electrons. The topological polar surface area (TPSA) is 33.5 Å². The summed E-state index contributed by atoms with van der Waals surface area (Å²) in [5.41, 5.74) is 9.87. The Bertz CT molecular complexity index is 3750. The van der Waals surface area contributed by atoms with E-state index in [4.69, 9.17) is 15.7 Å². The minimum absolute atomic E-state index is 0. The zero-order chi connectivity index (χ0) is 50.2. The van der Waals surface area contributed by atoms with E-state index >= 15 is 0 Å². The second-order valence-corrected chi connectivity index (χ2v) is 16.8. The van der Waals surface area contributed by atoms with Crippen molar-refractivity contribution in [2.75, 3.05) is 9.80 Å². The summed E-state index contributed by atoms with van der Waals surface area (Å²) in [6, 6.07) is 55.9. The Morgan fingerprint density at radius 3 is 2.14 bits per heavy atom. The van der Waals surface area contributed by atoms with Gasteiger partial charge in [0.2, 0.25) is 0 Å². The third-order valence-corrected chi connectivity index (χ3v) is 11.7. The Labute approximate surface area is 406 Å². The van der Waals surface area contributed by atoms with E-state index in [1.54, 1.807) is 6.07 Å². The molecule has 0 fully saturated rings. The van der Waals surface area contributed by atoms with Gasteiger partial charge in [-0.15, -0.1) is 48.1 Å². The van der Waals surface area contributed by atoms with E-state index in [1.807, 2.05) is 136 Å². The summed E-state index contributed by atoms with van der Waals surface area (Å²) < 4.78 is 76.9. The standard InChI is InChI=1S/C59H45N4O.Pt/c1-40-32-33-60-57(34-40)63-53-31-28-43(41-16-7-5-8-17-41)36-52(53)51-30-29-48(38-56(51)63)64-47-23-14-22-46(37-47)61-39-62(55-27-12-11-26-54(55)61)58-49(42-18-9-6-10-19-42)24-15-25-50(58)44-20-13-21-45(35-44)59(2,3)4;/h5-36,39H,1-4H3;/q-3;/i1D3,6D,9D,10D,18D,19D;. The Morgan fingerprint density at radius 1 is 0.615 bits per heavy atom. The molecule has 0 spiro atoms. The molecule has 5 nitrogen and oxygen atoms in total. The molecule has 2 aromatic heterocycles. The molecule has 0 aliphatic carbocycles. The van der Waals surface area contributed by atoms with Crippen LogP contribution >= 0.6 is 0 Å². The van der Waals surface area contributed by atoms with E-state index in [-0.39, 0.29) is 49.7 Å². The average Bonchev–Trinajstić information content (AvgIpc) is 3.93. The number of hydrogen-bond donors (Lipinski definition) is 0. The minimum atomic E-state index is -2.34. The number of rotatable bonds is 8. The predicted octanol–water partition coefficient (Wildman–Crippen LogP) is 15.6. The van der Waals surface area contributed by atoms with Gasteiger partial charge >= 0.3 is 0 Å². The number of nitrogens with zero attached hydrogens (tertiary/aromatic N) is 4. The van der Waals surface area contributed by atoms with Crippen molar-refractivity contribution in [3.05, 3.63) is 224 Å². The second-order valence-electron chi connectivity index (χ2n) is 16.8. The van der Waals surface area contributed by atoms with Crippen LogP contribution in [-0.4, -0.2) is 9.55 Å². The first-order valence-corrected chi connectivity index (χ1v) is 21.1. The van der Waals surface area contributed by atoms with Crippen molar-refractivity contribution in [2.24, 2.45) is 0 Å². The van der Waals surface area contributed by atoms with Crippen LogP contribution in [0.2, 0.25) is 0 Å². The van der Waals surface area contributed by atoms with Gasteiger partial charge in [-0.2, -0.15) is 12.1 Å². The first-order chi connectivity index (χ1) is 34.5. The smallest absolute Gasteiger partial charge is 0.135 e. The summed E-state index contributed by atoms with van der Waals surface area (Å²) in [5.74, 6) is 1.24. The summed E-state index contributed by atoms with van der Waals surface area (Å²) in [7, 11) is 0. The molecule has 0 saturated heterocycles. The Morgan fingerprint density at radius 2 is 1.34 bits per heavy atom. The number of ether oxygens (including phenoxy) is 1. The van der Waals surface area contributed by atoms with Crippen molar-refractivity contribution < 1.29 is 36.8 Å². The van der Waals surface area contributed by atoms with E-state index in [2.05, 4.69) is 68.2 Å². The molecule has 10 aromatic rings. The molecular formula is C59H45N4OPt-3. The number of aromatic nitrogens is 2. The Hall–Kier alpha value is -7.20. The summed E-state index contributed by atoms with van der Waals surface area (Å²) in [6.45, 7) is 6.07. The zero-order valence-corrected chi connectivity index (χ0v) is 38.0. The molecule has 1 aliphatic rings. The normalized spacial score (nSPS) is 14.3. The number of para-hydroxylation sites is 3. The Kier molecular flexibility index (Phi) is 8.75. The fraction of sp³-hybridized carbons (Fsp3) is 0.0847. The number of pyridine rings is 1. The van der Waals surface area contributed by atoms with Gasteiger partial charge in [0, 0.05) is 76.6 Å². The number of aryl methyl sites for hydroxylation is 1. The maximum atomic E-state index is 9.11. The van der Waals surface area contributed by atoms with E-state index < -0.39 is 25.0 Å². The zero-order valence-electron chi connectivity index (χ0n) is 43.7. The van der Waals surface area contributed by atoms with Gasteiger partial charge in [0.25, 0.3) is 0 Å².